The maximum atomic E-state index is 12.6. The molecule has 3 aliphatic rings. The molecule has 3 saturated heterocycles. The molecule has 0 spiro atoms. The van der Waals surface area contributed by atoms with Gasteiger partial charge < -0.3 is 4.90 Å². The summed E-state index contributed by atoms with van der Waals surface area (Å²) >= 11 is 1.44. The standard InChI is InChI=1S/C16H18N2OS/c19-14(9-12-10-18-7-5-11(12)6-8-18)16-13-3-1-2-4-15(13)20-17-16/h1-4,11-12H,5-10H2/t12-/m1/s1. The van der Waals surface area contributed by atoms with E-state index in [9.17, 15) is 4.79 Å². The predicted molar refractivity (Wildman–Crippen MR) is 81.2 cm³/mol. The molecule has 1 aromatic heterocycles. The van der Waals surface area contributed by atoms with Gasteiger partial charge in [0.15, 0.2) is 5.78 Å². The Morgan fingerprint density at radius 3 is 2.85 bits per heavy atom. The van der Waals surface area contributed by atoms with Gasteiger partial charge >= 0.3 is 0 Å². The minimum Gasteiger partial charge on any atom is -0.303 e. The van der Waals surface area contributed by atoms with Crippen LogP contribution in [-0.2, 0) is 0 Å². The van der Waals surface area contributed by atoms with Crippen molar-refractivity contribution < 1.29 is 4.79 Å². The van der Waals surface area contributed by atoms with Crippen molar-refractivity contribution in [1.29, 1.82) is 0 Å². The maximum Gasteiger partial charge on any atom is 0.183 e. The number of fused-ring (bicyclic) bond motifs is 4. The Morgan fingerprint density at radius 1 is 1.30 bits per heavy atom. The first-order valence-electron chi connectivity index (χ1n) is 7.41. The third-order valence-electron chi connectivity index (χ3n) is 4.88. The number of Topliss-reactive ketones (excluding diaryl/α,β-unsaturated/α-hetero) is 1. The van der Waals surface area contributed by atoms with E-state index in [-0.39, 0.29) is 5.78 Å². The van der Waals surface area contributed by atoms with E-state index >= 15 is 0 Å². The van der Waals surface area contributed by atoms with Gasteiger partial charge in [0.25, 0.3) is 0 Å². The molecule has 2 bridgehead atoms. The monoisotopic (exact) mass is 286 g/mol. The summed E-state index contributed by atoms with van der Waals surface area (Å²) in [6.45, 7) is 3.57. The van der Waals surface area contributed by atoms with Gasteiger partial charge in [-0.05, 0) is 55.4 Å². The zero-order valence-corrected chi connectivity index (χ0v) is 12.2. The third kappa shape index (κ3) is 2.07. The van der Waals surface area contributed by atoms with E-state index in [1.165, 1.54) is 37.5 Å². The first-order valence-corrected chi connectivity index (χ1v) is 8.18. The Hall–Kier alpha value is -1.26. The topological polar surface area (TPSA) is 33.2 Å². The highest BCUT2D eigenvalue weighted by atomic mass is 32.1. The Bertz CT molecular complexity index is 643. The zero-order chi connectivity index (χ0) is 13.5. The number of hydrogen-bond donors (Lipinski definition) is 0. The lowest BCUT2D eigenvalue weighted by Crippen LogP contribution is -2.47. The van der Waals surface area contributed by atoms with Crippen LogP contribution in [0.3, 0.4) is 0 Å². The molecule has 20 heavy (non-hydrogen) atoms. The highest BCUT2D eigenvalue weighted by Crippen LogP contribution is 2.35. The van der Waals surface area contributed by atoms with Gasteiger partial charge in [-0.2, -0.15) is 4.37 Å². The first kappa shape index (κ1) is 12.5. The van der Waals surface area contributed by atoms with Crippen LogP contribution in [0.2, 0.25) is 0 Å². The number of carbonyl (C=O) groups is 1. The molecule has 3 fully saturated rings. The predicted octanol–water partition coefficient (Wildman–Crippen LogP) is 3.21. The van der Waals surface area contributed by atoms with E-state index in [0.717, 1.165) is 22.5 Å². The molecule has 0 saturated carbocycles. The average molecular weight is 286 g/mol. The fourth-order valence-electron chi connectivity index (χ4n) is 3.74. The van der Waals surface area contributed by atoms with Crippen LogP contribution in [-0.4, -0.2) is 34.7 Å². The van der Waals surface area contributed by atoms with Gasteiger partial charge in [0.05, 0.1) is 4.70 Å². The molecule has 0 N–H and O–H groups in total. The first-order chi connectivity index (χ1) is 9.81. The number of carbonyl (C=O) groups excluding carboxylic acids is 1. The molecule has 104 valence electrons. The molecule has 4 heterocycles. The van der Waals surface area contributed by atoms with Crippen molar-refractivity contribution in [2.24, 2.45) is 11.8 Å². The van der Waals surface area contributed by atoms with Gasteiger partial charge in [-0.1, -0.05) is 18.2 Å². The molecule has 3 nitrogen and oxygen atoms in total. The Balaban J connectivity index is 1.56. The molecular weight excluding hydrogens is 268 g/mol. The van der Waals surface area contributed by atoms with Gasteiger partial charge in [0.2, 0.25) is 0 Å². The van der Waals surface area contributed by atoms with Crippen LogP contribution >= 0.6 is 11.5 Å². The quantitative estimate of drug-likeness (QED) is 0.812. The second-order valence-electron chi connectivity index (χ2n) is 6.05. The largest absolute Gasteiger partial charge is 0.303 e. The van der Waals surface area contributed by atoms with Crippen LogP contribution in [0.4, 0.5) is 0 Å². The summed E-state index contributed by atoms with van der Waals surface area (Å²) < 4.78 is 5.52. The molecule has 2 aromatic rings. The maximum absolute atomic E-state index is 12.6. The highest BCUT2D eigenvalue weighted by molar-refractivity contribution is 7.13. The van der Waals surface area contributed by atoms with E-state index in [1.807, 2.05) is 24.3 Å². The zero-order valence-electron chi connectivity index (χ0n) is 11.4. The number of piperidine rings is 3. The van der Waals surface area contributed by atoms with Crippen LogP contribution in [0.25, 0.3) is 10.1 Å². The fourth-order valence-corrected chi connectivity index (χ4v) is 4.53. The normalized spacial score (nSPS) is 28.9. The molecule has 1 aromatic carbocycles. The lowest BCUT2D eigenvalue weighted by Gasteiger charge is -2.44. The molecule has 0 aliphatic carbocycles. The van der Waals surface area contributed by atoms with E-state index in [4.69, 9.17) is 0 Å². The van der Waals surface area contributed by atoms with Gasteiger partial charge in [-0.3, -0.25) is 4.79 Å². The third-order valence-corrected chi connectivity index (χ3v) is 5.71. The Labute approximate surface area is 122 Å². The van der Waals surface area contributed by atoms with Crippen molar-refractivity contribution in [1.82, 2.24) is 9.27 Å². The SMILES string of the molecule is O=C(C[C@@H]1CN2CCC1CC2)c1nsc2ccccc12. The molecule has 5 rings (SSSR count). The van der Waals surface area contributed by atoms with Crippen molar-refractivity contribution in [2.45, 2.75) is 19.3 Å². The van der Waals surface area contributed by atoms with Gasteiger partial charge in [-0.25, -0.2) is 0 Å². The van der Waals surface area contributed by atoms with Crippen LogP contribution < -0.4 is 0 Å². The minimum atomic E-state index is 0.237. The smallest absolute Gasteiger partial charge is 0.183 e. The molecule has 0 radical (unpaired) electrons. The number of benzene rings is 1. The van der Waals surface area contributed by atoms with Crippen molar-refractivity contribution in [3.8, 4) is 0 Å². The van der Waals surface area contributed by atoms with Crippen molar-refractivity contribution in [2.75, 3.05) is 19.6 Å². The lowest BCUT2D eigenvalue weighted by atomic mass is 9.76. The van der Waals surface area contributed by atoms with Gasteiger partial charge in [0, 0.05) is 18.4 Å². The molecule has 4 heteroatoms. The number of nitrogens with zero attached hydrogens (tertiary/aromatic N) is 2. The average Bonchev–Trinajstić information content (AvgIpc) is 2.92. The summed E-state index contributed by atoms with van der Waals surface area (Å²) in [6, 6.07) is 8.05. The summed E-state index contributed by atoms with van der Waals surface area (Å²) in [6.07, 6.45) is 3.22. The summed E-state index contributed by atoms with van der Waals surface area (Å²) in [5.41, 5.74) is 0.696. The van der Waals surface area contributed by atoms with Crippen molar-refractivity contribution in [3.63, 3.8) is 0 Å². The van der Waals surface area contributed by atoms with Crippen molar-refractivity contribution in [3.05, 3.63) is 30.0 Å². The van der Waals surface area contributed by atoms with E-state index < -0.39 is 0 Å². The van der Waals surface area contributed by atoms with E-state index in [1.54, 1.807) is 0 Å². The number of hydrogen-bond acceptors (Lipinski definition) is 4. The van der Waals surface area contributed by atoms with Crippen LogP contribution in [0, 0.1) is 11.8 Å². The minimum absolute atomic E-state index is 0.237. The van der Waals surface area contributed by atoms with Crippen LogP contribution in [0.5, 0.6) is 0 Å². The van der Waals surface area contributed by atoms with Gasteiger partial charge in [-0.15, -0.1) is 0 Å². The summed E-state index contributed by atoms with van der Waals surface area (Å²) in [4.78, 5) is 15.1. The van der Waals surface area contributed by atoms with Crippen molar-refractivity contribution >= 4 is 27.4 Å². The van der Waals surface area contributed by atoms with Gasteiger partial charge in [0.1, 0.15) is 5.69 Å². The second kappa shape index (κ2) is 4.93. The Kier molecular flexibility index (Phi) is 3.08. The molecule has 3 aliphatic heterocycles. The Morgan fingerprint density at radius 2 is 2.10 bits per heavy atom. The van der Waals surface area contributed by atoms with E-state index in [0.29, 0.717) is 18.0 Å². The summed E-state index contributed by atoms with van der Waals surface area (Å²) in [5, 5.41) is 1.03. The summed E-state index contributed by atoms with van der Waals surface area (Å²) in [7, 11) is 0. The lowest BCUT2D eigenvalue weighted by molar-refractivity contribution is 0.0440. The fraction of sp³-hybridized carbons (Fsp3) is 0.500. The molecule has 1 atom stereocenters. The number of ketones is 1. The highest BCUT2D eigenvalue weighted by Gasteiger charge is 2.35. The molecule has 0 amide bonds. The van der Waals surface area contributed by atoms with E-state index in [2.05, 4.69) is 9.27 Å². The second-order valence-corrected chi connectivity index (χ2v) is 6.86. The number of aromatic nitrogens is 1. The van der Waals surface area contributed by atoms with Crippen LogP contribution in [0.15, 0.2) is 24.3 Å². The number of rotatable bonds is 3. The molecular formula is C16H18N2OS. The molecule has 0 unspecified atom stereocenters. The van der Waals surface area contributed by atoms with Crippen LogP contribution in [0.1, 0.15) is 29.8 Å². The summed E-state index contributed by atoms with van der Waals surface area (Å²) in [5.74, 6) is 1.54.